The maximum Gasteiger partial charge on any atom is 0.263 e. The van der Waals surface area contributed by atoms with Crippen LogP contribution < -0.4 is 10.6 Å². The van der Waals surface area contributed by atoms with Gasteiger partial charge in [-0.15, -0.1) is 6.58 Å². The molecule has 0 spiro atoms. The van der Waals surface area contributed by atoms with Crippen molar-refractivity contribution in [1.29, 1.82) is 0 Å². The molecule has 2 aromatic rings. The van der Waals surface area contributed by atoms with Gasteiger partial charge in [0.05, 0.1) is 5.69 Å². The van der Waals surface area contributed by atoms with E-state index in [1.54, 1.807) is 25.1 Å². The van der Waals surface area contributed by atoms with Gasteiger partial charge in [-0.2, -0.15) is 0 Å². The predicted molar refractivity (Wildman–Crippen MR) is 79.1 cm³/mol. The Morgan fingerprint density at radius 2 is 2.15 bits per heavy atom. The first-order chi connectivity index (χ1) is 9.60. The summed E-state index contributed by atoms with van der Waals surface area (Å²) in [5.41, 5.74) is 1.37. The summed E-state index contributed by atoms with van der Waals surface area (Å²) < 4.78 is 12.8. The monoisotopic (exact) mass is 291 g/mol. The number of hydrogen-bond acceptors (Lipinski definition) is 4. The van der Waals surface area contributed by atoms with Crippen molar-refractivity contribution in [1.82, 2.24) is 10.3 Å². The van der Waals surface area contributed by atoms with E-state index in [0.29, 0.717) is 22.2 Å². The topological polar surface area (TPSA) is 54.0 Å². The first kappa shape index (κ1) is 14.2. The summed E-state index contributed by atoms with van der Waals surface area (Å²) in [7, 11) is 0. The highest BCUT2D eigenvalue weighted by Crippen LogP contribution is 2.25. The second-order valence-electron chi connectivity index (χ2n) is 4.06. The molecule has 20 heavy (non-hydrogen) atoms. The Kier molecular flexibility index (Phi) is 4.47. The van der Waals surface area contributed by atoms with Crippen LogP contribution in [0.1, 0.15) is 15.4 Å². The Bertz CT molecular complexity index is 622. The third-order valence-electron chi connectivity index (χ3n) is 2.51. The van der Waals surface area contributed by atoms with Gasteiger partial charge in [-0.3, -0.25) is 4.79 Å². The van der Waals surface area contributed by atoms with Gasteiger partial charge in [-0.05, 0) is 31.2 Å². The van der Waals surface area contributed by atoms with Gasteiger partial charge in [0, 0.05) is 12.2 Å². The Morgan fingerprint density at radius 3 is 2.80 bits per heavy atom. The molecule has 2 N–H and O–H groups in total. The van der Waals surface area contributed by atoms with E-state index in [1.165, 1.54) is 23.5 Å². The average Bonchev–Trinajstić information content (AvgIpc) is 2.79. The van der Waals surface area contributed by atoms with Gasteiger partial charge >= 0.3 is 0 Å². The zero-order chi connectivity index (χ0) is 14.5. The summed E-state index contributed by atoms with van der Waals surface area (Å²) in [4.78, 5) is 16.7. The molecule has 0 fully saturated rings. The number of nitrogens with one attached hydrogen (secondary N) is 2. The largest absolute Gasteiger partial charge is 0.348 e. The first-order valence-electron chi connectivity index (χ1n) is 5.99. The number of benzene rings is 1. The molecule has 0 unspecified atom stereocenters. The number of carbonyl (C=O) groups excluding carboxylic acids is 1. The number of carbonyl (C=O) groups is 1. The Balaban J connectivity index is 2.12. The van der Waals surface area contributed by atoms with Crippen LogP contribution in [0.15, 0.2) is 36.9 Å². The minimum atomic E-state index is -0.296. The van der Waals surface area contributed by atoms with Crippen LogP contribution >= 0.6 is 11.3 Å². The van der Waals surface area contributed by atoms with Gasteiger partial charge in [0.2, 0.25) is 0 Å². The van der Waals surface area contributed by atoms with E-state index in [2.05, 4.69) is 22.2 Å². The van der Waals surface area contributed by atoms with Gasteiger partial charge in [0.15, 0.2) is 5.13 Å². The number of rotatable bonds is 5. The Hall–Kier alpha value is -2.21. The number of amides is 1. The molecule has 0 bridgehead atoms. The molecule has 0 radical (unpaired) electrons. The average molecular weight is 291 g/mol. The van der Waals surface area contributed by atoms with Crippen molar-refractivity contribution in [3.05, 3.63) is 53.3 Å². The molecule has 1 aromatic heterocycles. The zero-order valence-corrected chi connectivity index (χ0v) is 11.8. The lowest BCUT2D eigenvalue weighted by molar-refractivity contribution is 0.0961. The summed E-state index contributed by atoms with van der Waals surface area (Å²) in [6.45, 7) is 5.73. The summed E-state index contributed by atoms with van der Waals surface area (Å²) in [6.07, 6.45) is 1.62. The zero-order valence-electron chi connectivity index (χ0n) is 10.9. The van der Waals surface area contributed by atoms with Gasteiger partial charge in [-0.1, -0.05) is 17.4 Å². The lowest BCUT2D eigenvalue weighted by Gasteiger charge is -2.01. The third kappa shape index (κ3) is 3.42. The van der Waals surface area contributed by atoms with Gasteiger partial charge in [-0.25, -0.2) is 9.37 Å². The highest BCUT2D eigenvalue weighted by atomic mass is 32.1. The fourth-order valence-corrected chi connectivity index (χ4v) is 2.47. The highest BCUT2D eigenvalue weighted by Gasteiger charge is 2.14. The van der Waals surface area contributed by atoms with E-state index in [9.17, 15) is 9.18 Å². The van der Waals surface area contributed by atoms with E-state index >= 15 is 0 Å². The molecular weight excluding hydrogens is 277 g/mol. The first-order valence-corrected chi connectivity index (χ1v) is 6.81. The summed E-state index contributed by atoms with van der Waals surface area (Å²) in [5.74, 6) is -0.470. The van der Waals surface area contributed by atoms with Crippen LogP contribution in [-0.2, 0) is 0 Å². The highest BCUT2D eigenvalue weighted by molar-refractivity contribution is 7.17. The van der Waals surface area contributed by atoms with Gasteiger partial charge in [0.25, 0.3) is 5.91 Å². The molecular formula is C14H14FN3OS. The fraction of sp³-hybridized carbons (Fsp3) is 0.143. The molecule has 1 aromatic carbocycles. The fourth-order valence-electron chi connectivity index (χ4n) is 1.56. The second-order valence-corrected chi connectivity index (χ2v) is 5.06. The SMILES string of the molecule is C=CCNC(=O)c1sc(Nc2ccc(F)cc2)nc1C. The maximum absolute atomic E-state index is 12.8. The van der Waals surface area contributed by atoms with Crippen LogP contribution in [-0.4, -0.2) is 17.4 Å². The van der Waals surface area contributed by atoms with Crippen LogP contribution in [0.25, 0.3) is 0 Å². The van der Waals surface area contributed by atoms with Crippen LogP contribution in [0.3, 0.4) is 0 Å². The smallest absolute Gasteiger partial charge is 0.263 e. The van der Waals surface area contributed by atoms with Crippen molar-refractivity contribution < 1.29 is 9.18 Å². The lowest BCUT2D eigenvalue weighted by Crippen LogP contribution is -2.22. The van der Waals surface area contributed by atoms with Crippen molar-refractivity contribution >= 4 is 28.1 Å². The number of nitrogens with zero attached hydrogens (tertiary/aromatic N) is 1. The van der Waals surface area contributed by atoms with Crippen molar-refractivity contribution in [3.63, 3.8) is 0 Å². The lowest BCUT2D eigenvalue weighted by atomic mass is 10.3. The molecule has 2 rings (SSSR count). The maximum atomic E-state index is 12.8. The van der Waals surface area contributed by atoms with Gasteiger partial charge in [0.1, 0.15) is 10.7 Å². The van der Waals surface area contributed by atoms with Crippen molar-refractivity contribution in [3.8, 4) is 0 Å². The quantitative estimate of drug-likeness (QED) is 0.831. The number of aryl methyl sites for hydroxylation is 1. The minimum absolute atomic E-state index is 0.174. The molecule has 0 aliphatic heterocycles. The summed E-state index contributed by atoms with van der Waals surface area (Å²) in [6, 6.07) is 5.95. The van der Waals surface area contributed by atoms with Gasteiger partial charge < -0.3 is 10.6 Å². The molecule has 1 heterocycles. The van der Waals surface area contributed by atoms with Crippen molar-refractivity contribution in [2.24, 2.45) is 0 Å². The number of halogens is 1. The number of aromatic nitrogens is 1. The number of anilines is 2. The van der Waals surface area contributed by atoms with E-state index < -0.39 is 0 Å². The molecule has 6 heteroatoms. The molecule has 0 saturated heterocycles. The summed E-state index contributed by atoms with van der Waals surface area (Å²) in [5, 5.41) is 6.35. The Labute approximate surface area is 120 Å². The Morgan fingerprint density at radius 1 is 1.45 bits per heavy atom. The van der Waals surface area contributed by atoms with E-state index in [1.807, 2.05) is 0 Å². The van der Waals surface area contributed by atoms with Crippen molar-refractivity contribution in [2.75, 3.05) is 11.9 Å². The second kappa shape index (κ2) is 6.29. The number of thiazole rings is 1. The van der Waals surface area contributed by atoms with Crippen LogP contribution in [0, 0.1) is 12.7 Å². The van der Waals surface area contributed by atoms with Crippen LogP contribution in [0.4, 0.5) is 15.2 Å². The molecule has 0 atom stereocenters. The van der Waals surface area contributed by atoms with Crippen LogP contribution in [0.5, 0.6) is 0 Å². The van der Waals surface area contributed by atoms with E-state index in [-0.39, 0.29) is 11.7 Å². The van der Waals surface area contributed by atoms with Crippen molar-refractivity contribution in [2.45, 2.75) is 6.92 Å². The van der Waals surface area contributed by atoms with E-state index in [0.717, 1.165) is 5.69 Å². The molecule has 0 aliphatic rings. The minimum Gasteiger partial charge on any atom is -0.348 e. The summed E-state index contributed by atoms with van der Waals surface area (Å²) >= 11 is 1.25. The van der Waals surface area contributed by atoms with E-state index in [4.69, 9.17) is 0 Å². The molecule has 104 valence electrons. The van der Waals surface area contributed by atoms with Crippen LogP contribution in [0.2, 0.25) is 0 Å². The third-order valence-corrected chi connectivity index (χ3v) is 3.58. The molecule has 4 nitrogen and oxygen atoms in total. The normalized spacial score (nSPS) is 10.1. The predicted octanol–water partition coefficient (Wildman–Crippen LogP) is 3.25. The molecule has 0 aliphatic carbocycles. The standard InChI is InChI=1S/C14H14FN3OS/c1-3-8-16-13(19)12-9(2)17-14(20-12)18-11-6-4-10(15)5-7-11/h3-7H,1,8H2,2H3,(H,16,19)(H,17,18). The molecule has 1 amide bonds. The number of hydrogen-bond donors (Lipinski definition) is 2. The molecule has 0 saturated carbocycles.